The number of hydrogen-bond acceptors (Lipinski definition) is 4. The molecule has 1 saturated carbocycles. The van der Waals surface area contributed by atoms with Gasteiger partial charge in [-0.3, -0.25) is 4.99 Å². The van der Waals surface area contributed by atoms with Gasteiger partial charge in [0.15, 0.2) is 5.96 Å². The van der Waals surface area contributed by atoms with E-state index in [-0.39, 0.29) is 0 Å². The zero-order valence-corrected chi connectivity index (χ0v) is 19.0. The number of nitrogens with one attached hydrogen (secondary N) is 1. The van der Waals surface area contributed by atoms with Gasteiger partial charge in [0.2, 0.25) is 0 Å². The number of rotatable bonds is 5. The molecule has 1 spiro atoms. The monoisotopic (exact) mass is 418 g/mol. The van der Waals surface area contributed by atoms with E-state index in [2.05, 4.69) is 43.7 Å². The summed E-state index contributed by atoms with van der Waals surface area (Å²) < 4.78 is 2.85. The maximum atomic E-state index is 5.01. The van der Waals surface area contributed by atoms with Crippen LogP contribution >= 0.6 is 11.8 Å². The Kier molecular flexibility index (Phi) is 7.38. The molecule has 0 unspecified atom stereocenters. The Labute approximate surface area is 180 Å². The van der Waals surface area contributed by atoms with Crippen LogP contribution in [0.2, 0.25) is 0 Å². The lowest BCUT2D eigenvalue weighted by Gasteiger charge is -2.45. The fourth-order valence-corrected chi connectivity index (χ4v) is 6.67. The Balaban J connectivity index is 1.33. The van der Waals surface area contributed by atoms with Crippen LogP contribution in [0.5, 0.6) is 0 Å². The van der Waals surface area contributed by atoms with Crippen LogP contribution in [0.15, 0.2) is 4.99 Å². The molecule has 0 aromatic carbocycles. The fraction of sp³-hybridized carbons (Fsp3) is 0.864. The van der Waals surface area contributed by atoms with Crippen LogP contribution in [0, 0.1) is 0 Å². The van der Waals surface area contributed by atoms with Crippen molar-refractivity contribution in [3.05, 3.63) is 11.6 Å². The van der Waals surface area contributed by atoms with E-state index in [1.165, 1.54) is 69.5 Å². The lowest BCUT2D eigenvalue weighted by molar-refractivity contribution is 0.293. The summed E-state index contributed by atoms with van der Waals surface area (Å²) in [5.74, 6) is 4.71. The Hall–Kier alpha value is -1.24. The van der Waals surface area contributed by atoms with Crippen LogP contribution in [-0.4, -0.2) is 62.3 Å². The Bertz CT molecular complexity index is 673. The number of aromatic nitrogens is 3. The summed E-state index contributed by atoms with van der Waals surface area (Å²) in [7, 11) is 0. The van der Waals surface area contributed by atoms with Crippen molar-refractivity contribution in [1.29, 1.82) is 0 Å². The molecule has 1 saturated heterocycles. The molecule has 0 radical (unpaired) electrons. The highest BCUT2D eigenvalue weighted by atomic mass is 32.2. The summed E-state index contributed by atoms with van der Waals surface area (Å²) in [5, 5.41) is 12.5. The third-order valence-electron chi connectivity index (χ3n) is 6.65. The second kappa shape index (κ2) is 10.2. The Morgan fingerprint density at radius 1 is 1.10 bits per heavy atom. The van der Waals surface area contributed by atoms with Crippen molar-refractivity contribution in [2.24, 2.45) is 4.99 Å². The maximum Gasteiger partial charge on any atom is 0.193 e. The largest absolute Gasteiger partial charge is 0.357 e. The Morgan fingerprint density at radius 3 is 2.83 bits per heavy atom. The molecule has 7 heteroatoms. The van der Waals surface area contributed by atoms with E-state index in [0.29, 0.717) is 4.75 Å². The van der Waals surface area contributed by atoms with Crippen molar-refractivity contribution in [1.82, 2.24) is 25.0 Å². The molecule has 6 nitrogen and oxygen atoms in total. The molecule has 1 aromatic heterocycles. The maximum absolute atomic E-state index is 5.01. The normalized spacial score (nSPS) is 22.4. The molecule has 3 aliphatic rings. The fourth-order valence-electron chi connectivity index (χ4n) is 5.10. The lowest BCUT2D eigenvalue weighted by atomic mass is 9.87. The number of nitrogens with zero attached hydrogens (tertiary/aromatic N) is 5. The van der Waals surface area contributed by atoms with Gasteiger partial charge in [-0.15, -0.1) is 10.2 Å². The lowest BCUT2D eigenvalue weighted by Crippen LogP contribution is -2.53. The van der Waals surface area contributed by atoms with E-state index in [1.54, 1.807) is 0 Å². The third-order valence-corrected chi connectivity index (χ3v) is 8.19. The van der Waals surface area contributed by atoms with E-state index < -0.39 is 0 Å². The highest BCUT2D eigenvalue weighted by Crippen LogP contribution is 2.42. The number of hydrogen-bond donors (Lipinski definition) is 1. The molecular formula is C22H38N6S. The smallest absolute Gasteiger partial charge is 0.193 e. The molecule has 3 heterocycles. The van der Waals surface area contributed by atoms with Crippen molar-refractivity contribution < 1.29 is 0 Å². The van der Waals surface area contributed by atoms with Gasteiger partial charge in [0.05, 0.1) is 0 Å². The summed E-state index contributed by atoms with van der Waals surface area (Å²) in [5.41, 5.74) is 0. The molecule has 2 fully saturated rings. The molecule has 162 valence electrons. The highest BCUT2D eigenvalue weighted by Gasteiger charge is 2.38. The molecule has 1 aromatic rings. The summed E-state index contributed by atoms with van der Waals surface area (Å²) >= 11 is 2.22. The minimum absolute atomic E-state index is 0.478. The molecule has 1 N–H and O–H groups in total. The predicted octanol–water partition coefficient (Wildman–Crippen LogP) is 3.65. The quantitative estimate of drug-likeness (QED) is 0.449. The minimum atomic E-state index is 0.478. The van der Waals surface area contributed by atoms with Gasteiger partial charge in [0, 0.05) is 56.1 Å². The van der Waals surface area contributed by atoms with E-state index in [1.807, 2.05) is 0 Å². The van der Waals surface area contributed by atoms with Crippen molar-refractivity contribution in [2.45, 2.75) is 88.8 Å². The van der Waals surface area contributed by atoms with E-state index in [4.69, 9.17) is 4.99 Å². The number of aliphatic imine (C=N–C) groups is 1. The summed E-state index contributed by atoms with van der Waals surface area (Å²) in [6, 6.07) is 0. The van der Waals surface area contributed by atoms with Crippen LogP contribution in [0.4, 0.5) is 0 Å². The second-order valence-electron chi connectivity index (χ2n) is 8.85. The van der Waals surface area contributed by atoms with Gasteiger partial charge < -0.3 is 14.8 Å². The molecular weight excluding hydrogens is 380 g/mol. The molecule has 0 amide bonds. The molecule has 29 heavy (non-hydrogen) atoms. The number of fused-ring (bicyclic) bond motifs is 1. The van der Waals surface area contributed by atoms with Gasteiger partial charge in [-0.25, -0.2) is 0 Å². The summed E-state index contributed by atoms with van der Waals surface area (Å²) in [6.45, 7) is 7.36. The van der Waals surface area contributed by atoms with Gasteiger partial charge in [0.1, 0.15) is 11.6 Å². The van der Waals surface area contributed by atoms with Crippen LogP contribution in [0.1, 0.15) is 76.4 Å². The number of aryl methyl sites for hydroxylation is 2. The zero-order valence-electron chi connectivity index (χ0n) is 18.2. The standard InChI is InChI=1S/C22H38N6S/c1-2-23-21(27-16-17-29-22(18-27)12-6-4-7-13-22)24-14-9-11-20-26-25-19-10-5-3-8-15-28(19)20/h2-18H2,1H3,(H,23,24). The molecule has 4 rings (SSSR count). The van der Waals surface area contributed by atoms with Crippen molar-refractivity contribution in [2.75, 3.05) is 31.9 Å². The first kappa shape index (κ1) is 21.0. The summed E-state index contributed by atoms with van der Waals surface area (Å²) in [6.07, 6.45) is 13.9. The summed E-state index contributed by atoms with van der Waals surface area (Å²) in [4.78, 5) is 7.55. The SMILES string of the molecule is CCNC(=NCCCc1nnc2n1CCCCC2)N1CCSC2(CCCCC2)C1. The number of guanidine groups is 1. The van der Waals surface area contributed by atoms with Crippen LogP contribution in [-0.2, 0) is 19.4 Å². The number of thioether (sulfide) groups is 1. The van der Waals surface area contributed by atoms with Crippen LogP contribution < -0.4 is 5.32 Å². The van der Waals surface area contributed by atoms with Crippen molar-refractivity contribution >= 4 is 17.7 Å². The first-order valence-corrected chi connectivity index (χ1v) is 12.9. The molecule has 1 aliphatic carbocycles. The first-order valence-electron chi connectivity index (χ1n) is 11.9. The molecule has 0 atom stereocenters. The van der Waals surface area contributed by atoms with Crippen LogP contribution in [0.3, 0.4) is 0 Å². The van der Waals surface area contributed by atoms with E-state index >= 15 is 0 Å². The third kappa shape index (κ3) is 5.28. The topological polar surface area (TPSA) is 58.3 Å². The first-order chi connectivity index (χ1) is 14.3. The van der Waals surface area contributed by atoms with Gasteiger partial charge >= 0.3 is 0 Å². The van der Waals surface area contributed by atoms with E-state index in [9.17, 15) is 0 Å². The zero-order chi connectivity index (χ0) is 19.9. The van der Waals surface area contributed by atoms with Crippen LogP contribution in [0.25, 0.3) is 0 Å². The predicted molar refractivity (Wildman–Crippen MR) is 122 cm³/mol. The average Bonchev–Trinajstić information content (AvgIpc) is 2.97. The minimum Gasteiger partial charge on any atom is -0.357 e. The Morgan fingerprint density at radius 2 is 1.97 bits per heavy atom. The van der Waals surface area contributed by atoms with Gasteiger partial charge in [-0.1, -0.05) is 25.7 Å². The molecule has 2 aliphatic heterocycles. The highest BCUT2D eigenvalue weighted by molar-refractivity contribution is 8.00. The average molecular weight is 419 g/mol. The van der Waals surface area contributed by atoms with Gasteiger partial charge in [-0.2, -0.15) is 11.8 Å². The van der Waals surface area contributed by atoms with Crippen molar-refractivity contribution in [3.63, 3.8) is 0 Å². The van der Waals surface area contributed by atoms with Gasteiger partial charge in [-0.05, 0) is 39.0 Å². The molecule has 0 bridgehead atoms. The van der Waals surface area contributed by atoms with E-state index in [0.717, 1.165) is 57.2 Å². The van der Waals surface area contributed by atoms with Gasteiger partial charge in [0.25, 0.3) is 0 Å². The van der Waals surface area contributed by atoms with Crippen molar-refractivity contribution in [3.8, 4) is 0 Å². The second-order valence-corrected chi connectivity index (χ2v) is 10.4.